The van der Waals surface area contributed by atoms with Gasteiger partial charge in [0, 0.05) is 25.7 Å². The summed E-state index contributed by atoms with van der Waals surface area (Å²) in [6.07, 6.45) is 3.56. The minimum absolute atomic E-state index is 0.168. The number of likely N-dealkylation sites (tertiary alicyclic amines) is 1. The number of benzene rings is 1. The van der Waals surface area contributed by atoms with Gasteiger partial charge in [0.1, 0.15) is 5.82 Å². The third-order valence-electron chi connectivity index (χ3n) is 4.30. The van der Waals surface area contributed by atoms with Gasteiger partial charge in [-0.1, -0.05) is 12.1 Å². The molecule has 1 aromatic rings. The Morgan fingerprint density at radius 1 is 1.19 bits per heavy atom. The van der Waals surface area contributed by atoms with Crippen LogP contribution < -0.4 is 15.4 Å². The van der Waals surface area contributed by atoms with E-state index in [1.165, 1.54) is 12.1 Å². The number of sulfonamides is 1. The van der Waals surface area contributed by atoms with Crippen LogP contribution >= 0.6 is 0 Å². The van der Waals surface area contributed by atoms with Gasteiger partial charge in [-0.2, -0.15) is 0 Å². The summed E-state index contributed by atoms with van der Waals surface area (Å²) in [6, 6.07) is 5.02. The zero-order valence-corrected chi connectivity index (χ0v) is 16.0. The topological polar surface area (TPSA) is 108 Å². The van der Waals surface area contributed by atoms with Crippen LogP contribution in [0.25, 0.3) is 0 Å². The molecule has 0 aromatic heterocycles. The number of piperidine rings is 1. The minimum atomic E-state index is -3.33. The van der Waals surface area contributed by atoms with Crippen molar-refractivity contribution in [3.05, 3.63) is 35.6 Å². The molecule has 3 N–H and O–H groups in total. The highest BCUT2D eigenvalue weighted by molar-refractivity contribution is 7.88. The Morgan fingerprint density at radius 2 is 1.89 bits per heavy atom. The first-order valence-corrected chi connectivity index (χ1v) is 10.6. The Bertz CT molecular complexity index is 755. The van der Waals surface area contributed by atoms with Gasteiger partial charge >= 0.3 is 6.03 Å². The Kier molecular flexibility index (Phi) is 7.55. The molecule has 1 heterocycles. The summed E-state index contributed by atoms with van der Waals surface area (Å²) in [6.45, 7) is 0.741. The molecular weight excluding hydrogens is 375 g/mol. The van der Waals surface area contributed by atoms with E-state index >= 15 is 0 Å². The molecule has 0 aliphatic carbocycles. The Morgan fingerprint density at radius 3 is 2.56 bits per heavy atom. The van der Waals surface area contributed by atoms with Crippen molar-refractivity contribution in [1.29, 1.82) is 0 Å². The number of halogens is 1. The van der Waals surface area contributed by atoms with E-state index in [4.69, 9.17) is 0 Å². The Labute approximate surface area is 158 Å². The molecule has 3 amide bonds. The van der Waals surface area contributed by atoms with Crippen LogP contribution in [0.3, 0.4) is 0 Å². The largest absolute Gasteiger partial charge is 0.337 e. The molecule has 1 aromatic carbocycles. The molecule has 0 spiro atoms. The van der Waals surface area contributed by atoms with Crippen LogP contribution in [-0.4, -0.2) is 57.2 Å². The van der Waals surface area contributed by atoms with Crippen molar-refractivity contribution in [2.75, 3.05) is 25.9 Å². The second kappa shape index (κ2) is 9.65. The number of hydrogen-bond acceptors (Lipinski definition) is 4. The fourth-order valence-electron chi connectivity index (χ4n) is 2.89. The molecule has 0 saturated carbocycles. The van der Waals surface area contributed by atoms with Gasteiger partial charge in [-0.05, 0) is 37.0 Å². The number of hydrogen-bond donors (Lipinski definition) is 3. The zero-order valence-electron chi connectivity index (χ0n) is 15.2. The second-order valence-electron chi connectivity index (χ2n) is 6.52. The molecular formula is C17H25FN4O4S. The van der Waals surface area contributed by atoms with E-state index in [1.807, 2.05) is 0 Å². The normalized spacial score (nSPS) is 17.4. The maximum atomic E-state index is 12.8. The summed E-state index contributed by atoms with van der Waals surface area (Å²) >= 11 is 0. The maximum Gasteiger partial charge on any atom is 0.315 e. The predicted octanol–water partition coefficient (Wildman–Crippen LogP) is 0.555. The third-order valence-corrected chi connectivity index (χ3v) is 4.99. The smallest absolute Gasteiger partial charge is 0.315 e. The highest BCUT2D eigenvalue weighted by atomic mass is 32.2. The number of urea groups is 1. The molecule has 1 aliphatic heterocycles. The fraction of sp³-hybridized carbons (Fsp3) is 0.529. The van der Waals surface area contributed by atoms with Crippen LogP contribution in [-0.2, 0) is 21.4 Å². The van der Waals surface area contributed by atoms with E-state index in [2.05, 4.69) is 15.4 Å². The number of carbonyl (C=O) groups is 2. The average molecular weight is 400 g/mol. The van der Waals surface area contributed by atoms with Gasteiger partial charge in [0.2, 0.25) is 15.9 Å². The maximum absolute atomic E-state index is 12.8. The summed E-state index contributed by atoms with van der Waals surface area (Å²) in [5.41, 5.74) is 0.737. The van der Waals surface area contributed by atoms with Crippen molar-refractivity contribution in [3.63, 3.8) is 0 Å². The van der Waals surface area contributed by atoms with E-state index in [9.17, 15) is 22.4 Å². The van der Waals surface area contributed by atoms with Crippen LogP contribution in [0.2, 0.25) is 0 Å². The molecule has 150 valence electrons. The molecule has 8 nitrogen and oxygen atoms in total. The van der Waals surface area contributed by atoms with Crippen LogP contribution in [0.1, 0.15) is 24.8 Å². The Hall–Kier alpha value is -2.20. The molecule has 1 atom stereocenters. The quantitative estimate of drug-likeness (QED) is 0.621. The van der Waals surface area contributed by atoms with Gasteiger partial charge in [0.05, 0.1) is 12.8 Å². The van der Waals surface area contributed by atoms with Gasteiger partial charge in [0.15, 0.2) is 0 Å². The van der Waals surface area contributed by atoms with Gasteiger partial charge < -0.3 is 15.5 Å². The molecule has 1 fully saturated rings. The first-order chi connectivity index (χ1) is 12.7. The monoisotopic (exact) mass is 400 g/mol. The average Bonchev–Trinajstić information content (AvgIpc) is 2.63. The van der Waals surface area contributed by atoms with Crippen molar-refractivity contribution < 1.29 is 22.4 Å². The summed E-state index contributed by atoms with van der Waals surface area (Å²) in [4.78, 5) is 25.9. The molecule has 27 heavy (non-hydrogen) atoms. The van der Waals surface area contributed by atoms with Gasteiger partial charge in [0.25, 0.3) is 0 Å². The van der Waals surface area contributed by atoms with E-state index in [0.717, 1.165) is 24.7 Å². The Balaban J connectivity index is 1.78. The SMILES string of the molecule is CS(=O)(=O)NCC1CCCCN1C(=O)CNC(=O)NCc1ccc(F)cc1. The number of rotatable bonds is 7. The molecule has 0 bridgehead atoms. The highest BCUT2D eigenvalue weighted by Crippen LogP contribution is 2.16. The lowest BCUT2D eigenvalue weighted by atomic mass is 10.0. The van der Waals surface area contributed by atoms with E-state index < -0.39 is 16.1 Å². The lowest BCUT2D eigenvalue weighted by Crippen LogP contribution is -2.52. The van der Waals surface area contributed by atoms with Crippen LogP contribution in [0.4, 0.5) is 9.18 Å². The van der Waals surface area contributed by atoms with Gasteiger partial charge in [-0.3, -0.25) is 4.79 Å². The van der Waals surface area contributed by atoms with Crippen molar-refractivity contribution in [1.82, 2.24) is 20.3 Å². The third kappa shape index (κ3) is 7.51. The van der Waals surface area contributed by atoms with Crippen LogP contribution in [0, 0.1) is 5.82 Å². The fourth-order valence-corrected chi connectivity index (χ4v) is 3.39. The molecule has 2 rings (SSSR count). The molecule has 1 unspecified atom stereocenters. The molecule has 1 saturated heterocycles. The summed E-state index contributed by atoms with van der Waals surface area (Å²) in [5, 5.41) is 5.10. The van der Waals surface area contributed by atoms with E-state index in [1.54, 1.807) is 17.0 Å². The first-order valence-electron chi connectivity index (χ1n) is 8.75. The lowest BCUT2D eigenvalue weighted by Gasteiger charge is -2.35. The second-order valence-corrected chi connectivity index (χ2v) is 8.35. The lowest BCUT2D eigenvalue weighted by molar-refractivity contribution is -0.133. The standard InChI is InChI=1S/C17H25FN4O4S/c1-27(25,26)21-11-15-4-2-3-9-22(15)16(23)12-20-17(24)19-10-13-5-7-14(18)8-6-13/h5-8,15,21H,2-4,9-12H2,1H3,(H2,19,20,24). The van der Waals surface area contributed by atoms with Crippen molar-refractivity contribution in [2.24, 2.45) is 0 Å². The number of nitrogens with zero attached hydrogens (tertiary/aromatic N) is 1. The summed E-state index contributed by atoms with van der Waals surface area (Å²) in [7, 11) is -3.33. The zero-order chi connectivity index (χ0) is 19.9. The summed E-state index contributed by atoms with van der Waals surface area (Å²) in [5.74, 6) is -0.609. The van der Waals surface area contributed by atoms with E-state index in [0.29, 0.717) is 13.0 Å². The molecule has 10 heteroatoms. The van der Waals surface area contributed by atoms with Crippen LogP contribution in [0.5, 0.6) is 0 Å². The van der Waals surface area contributed by atoms with Crippen molar-refractivity contribution >= 4 is 22.0 Å². The molecule has 1 aliphatic rings. The molecule has 0 radical (unpaired) electrons. The predicted molar refractivity (Wildman–Crippen MR) is 98.8 cm³/mol. The first kappa shape index (κ1) is 21.1. The van der Waals surface area contributed by atoms with Crippen molar-refractivity contribution in [2.45, 2.75) is 31.8 Å². The minimum Gasteiger partial charge on any atom is -0.337 e. The summed E-state index contributed by atoms with van der Waals surface area (Å²) < 4.78 is 37.8. The number of carbonyl (C=O) groups excluding carboxylic acids is 2. The van der Waals surface area contributed by atoms with Crippen molar-refractivity contribution in [3.8, 4) is 0 Å². The highest BCUT2D eigenvalue weighted by Gasteiger charge is 2.27. The van der Waals surface area contributed by atoms with Crippen LogP contribution in [0.15, 0.2) is 24.3 Å². The van der Waals surface area contributed by atoms with E-state index in [-0.39, 0.29) is 37.4 Å². The van der Waals surface area contributed by atoms with Gasteiger partial charge in [-0.15, -0.1) is 0 Å². The number of nitrogens with one attached hydrogen (secondary N) is 3. The number of amides is 3. The van der Waals surface area contributed by atoms with Gasteiger partial charge in [-0.25, -0.2) is 22.3 Å².